The Balaban J connectivity index is 3.65. The van der Waals surface area contributed by atoms with Crippen LogP contribution >= 0.6 is 0 Å². The van der Waals surface area contributed by atoms with Crippen molar-refractivity contribution < 1.29 is 20.1 Å². The van der Waals surface area contributed by atoms with Gasteiger partial charge in [-0.05, 0) is 38.5 Å². The van der Waals surface area contributed by atoms with Crippen molar-refractivity contribution in [3.8, 4) is 0 Å². The van der Waals surface area contributed by atoms with Gasteiger partial charge in [-0.15, -0.1) is 0 Å². The molecule has 0 rings (SSSR count). The predicted octanol–water partition coefficient (Wildman–Crippen LogP) is 11.4. The predicted molar refractivity (Wildman–Crippen MR) is 204 cm³/mol. The molecular weight excluding hydrogens is 582 g/mol. The summed E-state index contributed by atoms with van der Waals surface area (Å²) in [6.45, 7) is 4.15. The highest BCUT2D eigenvalue weighted by atomic mass is 16.3. The molecule has 0 aromatic carbocycles. The lowest BCUT2D eigenvalue weighted by atomic mass is 9.99. The Morgan fingerprint density at radius 3 is 1.34 bits per heavy atom. The van der Waals surface area contributed by atoms with E-state index in [1.165, 1.54) is 148 Å². The molecule has 0 aliphatic carbocycles. The van der Waals surface area contributed by atoms with Gasteiger partial charge in [0.25, 0.3) is 0 Å². The standard InChI is InChI=1S/C42H81NO4/c1-3-5-7-9-11-13-15-17-19-20-21-22-23-25-27-29-31-33-35-37-41(46)43-39(38-44)42(47)40(45)36-34-32-30-28-26-24-18-16-14-12-10-8-6-4-2/h11,13,15,17,39-40,42,44-45,47H,3-10,12,14,16,18-38H2,1-2H3,(H,43,46)/b13-11-,17-15-. The number of allylic oxidation sites excluding steroid dienone is 4. The van der Waals surface area contributed by atoms with Crippen LogP contribution in [0.25, 0.3) is 0 Å². The second-order valence-electron chi connectivity index (χ2n) is 14.2. The lowest BCUT2D eigenvalue weighted by Gasteiger charge is -2.26. The number of carbonyl (C=O) groups is 1. The maximum Gasteiger partial charge on any atom is 0.220 e. The largest absolute Gasteiger partial charge is 0.394 e. The number of amides is 1. The van der Waals surface area contributed by atoms with E-state index in [1.54, 1.807) is 0 Å². The van der Waals surface area contributed by atoms with Gasteiger partial charge < -0.3 is 20.6 Å². The maximum atomic E-state index is 12.4. The summed E-state index contributed by atoms with van der Waals surface area (Å²) in [5.41, 5.74) is 0. The van der Waals surface area contributed by atoms with E-state index in [-0.39, 0.29) is 12.5 Å². The summed E-state index contributed by atoms with van der Waals surface area (Å²) < 4.78 is 0. The lowest BCUT2D eigenvalue weighted by Crippen LogP contribution is -2.50. The van der Waals surface area contributed by atoms with Crippen molar-refractivity contribution in [2.45, 2.75) is 231 Å². The molecule has 0 heterocycles. The van der Waals surface area contributed by atoms with E-state index < -0.39 is 18.2 Å². The van der Waals surface area contributed by atoms with Gasteiger partial charge in [0.15, 0.2) is 0 Å². The molecule has 0 aromatic rings. The number of aliphatic hydroxyl groups excluding tert-OH is 3. The molecule has 0 aromatic heterocycles. The van der Waals surface area contributed by atoms with Gasteiger partial charge in [0.05, 0.1) is 18.8 Å². The Morgan fingerprint density at radius 2 is 0.894 bits per heavy atom. The summed E-state index contributed by atoms with van der Waals surface area (Å²) in [5, 5.41) is 33.5. The first-order chi connectivity index (χ1) is 23.1. The normalized spacial score (nSPS) is 13.9. The smallest absolute Gasteiger partial charge is 0.220 e. The molecule has 47 heavy (non-hydrogen) atoms. The molecule has 3 atom stereocenters. The zero-order chi connectivity index (χ0) is 34.5. The van der Waals surface area contributed by atoms with Gasteiger partial charge in [0.2, 0.25) is 5.91 Å². The summed E-state index contributed by atoms with van der Waals surface area (Å²) in [6.07, 6.45) is 44.1. The number of aliphatic hydroxyl groups is 3. The van der Waals surface area contributed by atoms with E-state index in [4.69, 9.17) is 0 Å². The SMILES string of the molecule is CCCCC/C=C\C=C/CCCCCCCCCCCCC(=O)NC(CO)C(O)C(O)CCCCCCCCCCCCCCCC. The van der Waals surface area contributed by atoms with Crippen LogP contribution in [0.2, 0.25) is 0 Å². The highest BCUT2D eigenvalue weighted by Gasteiger charge is 2.26. The summed E-state index contributed by atoms with van der Waals surface area (Å²) in [5.74, 6) is -0.148. The molecule has 0 aliphatic rings. The van der Waals surface area contributed by atoms with Crippen LogP contribution in [0.1, 0.15) is 213 Å². The van der Waals surface area contributed by atoms with Crippen LogP contribution in [0.15, 0.2) is 24.3 Å². The molecule has 0 fully saturated rings. The zero-order valence-corrected chi connectivity index (χ0v) is 31.4. The van der Waals surface area contributed by atoms with Gasteiger partial charge in [-0.25, -0.2) is 0 Å². The van der Waals surface area contributed by atoms with Crippen molar-refractivity contribution in [2.24, 2.45) is 0 Å². The first-order valence-electron chi connectivity index (χ1n) is 20.6. The molecule has 278 valence electrons. The third-order valence-corrected chi connectivity index (χ3v) is 9.59. The van der Waals surface area contributed by atoms with E-state index >= 15 is 0 Å². The second-order valence-corrected chi connectivity index (χ2v) is 14.2. The molecular formula is C42H81NO4. The van der Waals surface area contributed by atoms with Crippen LogP contribution in [0.4, 0.5) is 0 Å². The van der Waals surface area contributed by atoms with Crippen molar-refractivity contribution >= 4 is 5.91 Å². The van der Waals surface area contributed by atoms with Crippen molar-refractivity contribution in [1.29, 1.82) is 0 Å². The minimum atomic E-state index is -1.13. The van der Waals surface area contributed by atoms with Crippen molar-refractivity contribution in [3.63, 3.8) is 0 Å². The Bertz CT molecular complexity index is 694. The Labute approximate surface area is 292 Å². The Hall–Kier alpha value is -1.17. The molecule has 0 saturated heterocycles. The zero-order valence-electron chi connectivity index (χ0n) is 31.4. The molecule has 5 nitrogen and oxygen atoms in total. The summed E-state index contributed by atoms with van der Waals surface area (Å²) in [6, 6.07) is -0.808. The molecule has 0 bridgehead atoms. The van der Waals surface area contributed by atoms with Crippen LogP contribution in [-0.2, 0) is 4.79 Å². The van der Waals surface area contributed by atoms with Gasteiger partial charge in [0, 0.05) is 6.42 Å². The van der Waals surface area contributed by atoms with E-state index in [0.717, 1.165) is 38.5 Å². The molecule has 0 radical (unpaired) electrons. The number of nitrogens with one attached hydrogen (secondary N) is 1. The quantitative estimate of drug-likeness (QED) is 0.0393. The molecule has 4 N–H and O–H groups in total. The van der Waals surface area contributed by atoms with Crippen LogP contribution in [0, 0.1) is 0 Å². The fourth-order valence-corrected chi connectivity index (χ4v) is 6.33. The first-order valence-corrected chi connectivity index (χ1v) is 20.6. The Kier molecular flexibility index (Phi) is 36.7. The third-order valence-electron chi connectivity index (χ3n) is 9.59. The number of hydrogen-bond donors (Lipinski definition) is 4. The minimum absolute atomic E-state index is 0.148. The minimum Gasteiger partial charge on any atom is -0.394 e. The van der Waals surface area contributed by atoms with Gasteiger partial charge in [-0.3, -0.25) is 4.79 Å². The van der Waals surface area contributed by atoms with Crippen molar-refractivity contribution in [1.82, 2.24) is 5.32 Å². The maximum absolute atomic E-state index is 12.4. The number of hydrogen-bond acceptors (Lipinski definition) is 4. The Morgan fingerprint density at radius 1 is 0.532 bits per heavy atom. The monoisotopic (exact) mass is 664 g/mol. The van der Waals surface area contributed by atoms with E-state index in [0.29, 0.717) is 12.8 Å². The van der Waals surface area contributed by atoms with Gasteiger partial charge >= 0.3 is 0 Å². The highest BCUT2D eigenvalue weighted by molar-refractivity contribution is 5.76. The van der Waals surface area contributed by atoms with E-state index in [2.05, 4.69) is 43.5 Å². The summed E-state index contributed by atoms with van der Waals surface area (Å²) in [4.78, 5) is 12.4. The van der Waals surface area contributed by atoms with Crippen LogP contribution in [0.3, 0.4) is 0 Å². The fraction of sp³-hybridized carbons (Fsp3) is 0.881. The van der Waals surface area contributed by atoms with Crippen molar-refractivity contribution in [3.05, 3.63) is 24.3 Å². The number of carbonyl (C=O) groups excluding carboxylic acids is 1. The second kappa shape index (κ2) is 37.6. The molecule has 5 heteroatoms. The van der Waals surface area contributed by atoms with Crippen LogP contribution < -0.4 is 5.32 Å². The number of unbranched alkanes of at least 4 members (excludes halogenated alkanes) is 26. The van der Waals surface area contributed by atoms with E-state index in [1.807, 2.05) is 0 Å². The molecule has 0 spiro atoms. The van der Waals surface area contributed by atoms with Gasteiger partial charge in [-0.1, -0.05) is 192 Å². The highest BCUT2D eigenvalue weighted by Crippen LogP contribution is 2.16. The topological polar surface area (TPSA) is 89.8 Å². The van der Waals surface area contributed by atoms with Gasteiger partial charge in [-0.2, -0.15) is 0 Å². The summed E-state index contributed by atoms with van der Waals surface area (Å²) >= 11 is 0. The fourth-order valence-electron chi connectivity index (χ4n) is 6.33. The average Bonchev–Trinajstić information content (AvgIpc) is 3.07. The molecule has 0 saturated carbocycles. The molecule has 0 aliphatic heterocycles. The average molecular weight is 664 g/mol. The lowest BCUT2D eigenvalue weighted by molar-refractivity contribution is -0.124. The first kappa shape index (κ1) is 45.8. The van der Waals surface area contributed by atoms with E-state index in [9.17, 15) is 20.1 Å². The number of rotatable bonds is 37. The summed E-state index contributed by atoms with van der Waals surface area (Å²) in [7, 11) is 0. The van der Waals surface area contributed by atoms with Crippen LogP contribution in [0.5, 0.6) is 0 Å². The molecule has 1 amide bonds. The van der Waals surface area contributed by atoms with Crippen molar-refractivity contribution in [2.75, 3.05) is 6.61 Å². The molecule has 3 unspecified atom stereocenters. The van der Waals surface area contributed by atoms with Crippen LogP contribution in [-0.4, -0.2) is 46.1 Å². The third kappa shape index (κ3) is 33.1. The van der Waals surface area contributed by atoms with Gasteiger partial charge in [0.1, 0.15) is 6.10 Å².